The van der Waals surface area contributed by atoms with Crippen LogP contribution in [0.15, 0.2) is 18.2 Å². The second-order valence-corrected chi connectivity index (χ2v) is 6.03. The number of thiocarbonyl (C=S) groups is 1. The summed E-state index contributed by atoms with van der Waals surface area (Å²) in [5, 5.41) is 0. The smallest absolute Gasteiger partial charge is 0.132 e. The molecule has 1 aromatic rings. The minimum atomic E-state index is 0.383. The molecule has 0 aliphatic heterocycles. The van der Waals surface area contributed by atoms with Crippen molar-refractivity contribution in [2.45, 2.75) is 46.7 Å². The molecule has 0 amide bonds. The number of aryl methyl sites for hydroxylation is 1. The van der Waals surface area contributed by atoms with Gasteiger partial charge in [-0.3, -0.25) is 4.90 Å². The molecule has 0 atom stereocenters. The Bertz CT molecular complexity index is 450. The fraction of sp³-hybridized carbons (Fsp3) is 0.562. The van der Waals surface area contributed by atoms with Crippen molar-refractivity contribution < 1.29 is 4.74 Å². The Morgan fingerprint density at radius 2 is 1.85 bits per heavy atom. The largest absolute Gasteiger partial charge is 0.491 e. The van der Waals surface area contributed by atoms with Crippen LogP contribution in [0.4, 0.5) is 0 Å². The molecule has 0 radical (unpaired) electrons. The number of benzene rings is 1. The van der Waals surface area contributed by atoms with Gasteiger partial charge in [0.15, 0.2) is 0 Å². The van der Waals surface area contributed by atoms with Crippen molar-refractivity contribution in [1.29, 1.82) is 0 Å². The molecule has 4 heteroatoms. The highest BCUT2D eigenvalue weighted by Crippen LogP contribution is 2.23. The van der Waals surface area contributed by atoms with Crippen molar-refractivity contribution >= 4 is 17.2 Å². The number of rotatable bonds is 7. The van der Waals surface area contributed by atoms with Gasteiger partial charge in [0.25, 0.3) is 0 Å². The van der Waals surface area contributed by atoms with E-state index in [9.17, 15) is 0 Å². The van der Waals surface area contributed by atoms with E-state index >= 15 is 0 Å². The van der Waals surface area contributed by atoms with Gasteiger partial charge in [0.2, 0.25) is 0 Å². The first-order chi connectivity index (χ1) is 9.34. The van der Waals surface area contributed by atoms with E-state index < -0.39 is 0 Å². The predicted molar refractivity (Wildman–Crippen MR) is 89.5 cm³/mol. The summed E-state index contributed by atoms with van der Waals surface area (Å²) >= 11 is 5.08. The number of ether oxygens (including phenoxy) is 1. The highest BCUT2D eigenvalue weighted by atomic mass is 32.1. The van der Waals surface area contributed by atoms with E-state index in [0.717, 1.165) is 23.4 Å². The molecule has 0 heterocycles. The third-order valence-electron chi connectivity index (χ3n) is 3.40. The zero-order chi connectivity index (χ0) is 15.3. The fourth-order valence-corrected chi connectivity index (χ4v) is 2.56. The Morgan fingerprint density at radius 3 is 2.35 bits per heavy atom. The van der Waals surface area contributed by atoms with Gasteiger partial charge >= 0.3 is 0 Å². The van der Waals surface area contributed by atoms with Gasteiger partial charge in [0.1, 0.15) is 17.3 Å². The molecule has 3 nitrogen and oxygen atoms in total. The van der Waals surface area contributed by atoms with Gasteiger partial charge in [0.05, 0.1) is 5.56 Å². The first kappa shape index (κ1) is 16.9. The summed E-state index contributed by atoms with van der Waals surface area (Å²) in [5.74, 6) is 0.812. The SMILES string of the molecule is Cc1cccc(C(N)=S)c1OCCN(C(C)C)C(C)C. The molecular weight excluding hydrogens is 268 g/mol. The summed E-state index contributed by atoms with van der Waals surface area (Å²) < 4.78 is 5.95. The maximum atomic E-state index is 5.95. The summed E-state index contributed by atoms with van der Waals surface area (Å²) in [4.78, 5) is 2.78. The Labute approximate surface area is 128 Å². The van der Waals surface area contributed by atoms with Crippen molar-refractivity contribution in [2.24, 2.45) is 5.73 Å². The molecule has 2 N–H and O–H groups in total. The maximum absolute atomic E-state index is 5.95. The van der Waals surface area contributed by atoms with Gasteiger partial charge in [-0.2, -0.15) is 0 Å². The lowest BCUT2D eigenvalue weighted by molar-refractivity contribution is 0.141. The number of para-hydroxylation sites is 1. The summed E-state index contributed by atoms with van der Waals surface area (Å²) in [6, 6.07) is 6.88. The molecule has 0 unspecified atom stereocenters. The van der Waals surface area contributed by atoms with Gasteiger partial charge in [-0.1, -0.05) is 24.4 Å². The van der Waals surface area contributed by atoms with Gasteiger partial charge in [-0.05, 0) is 46.2 Å². The lowest BCUT2D eigenvalue weighted by atomic mass is 10.1. The number of hydrogen-bond donors (Lipinski definition) is 1. The first-order valence-electron chi connectivity index (χ1n) is 7.12. The summed E-state index contributed by atoms with van der Waals surface area (Å²) in [6.45, 7) is 12.3. The van der Waals surface area contributed by atoms with Crippen molar-refractivity contribution in [1.82, 2.24) is 4.90 Å². The molecule has 0 spiro atoms. The molecule has 112 valence electrons. The van der Waals surface area contributed by atoms with E-state index in [1.54, 1.807) is 0 Å². The third kappa shape index (κ3) is 4.46. The molecule has 0 aromatic heterocycles. The maximum Gasteiger partial charge on any atom is 0.132 e. The molecular formula is C16H26N2OS. The van der Waals surface area contributed by atoms with Crippen LogP contribution in [0, 0.1) is 6.92 Å². The first-order valence-corrected chi connectivity index (χ1v) is 7.53. The van der Waals surface area contributed by atoms with Crippen LogP contribution in [-0.4, -0.2) is 35.1 Å². The van der Waals surface area contributed by atoms with Crippen LogP contribution in [-0.2, 0) is 0 Å². The topological polar surface area (TPSA) is 38.5 Å². The molecule has 0 bridgehead atoms. The number of nitrogens with zero attached hydrogens (tertiary/aromatic N) is 1. The van der Waals surface area contributed by atoms with Crippen LogP contribution in [0.1, 0.15) is 38.8 Å². The highest BCUT2D eigenvalue weighted by molar-refractivity contribution is 7.80. The molecule has 20 heavy (non-hydrogen) atoms. The van der Waals surface area contributed by atoms with E-state index in [-0.39, 0.29) is 0 Å². The predicted octanol–water partition coefficient (Wildman–Crippen LogP) is 3.13. The fourth-order valence-electron chi connectivity index (χ4n) is 2.40. The molecule has 0 saturated heterocycles. The lowest BCUT2D eigenvalue weighted by Gasteiger charge is -2.30. The van der Waals surface area contributed by atoms with Gasteiger partial charge in [0, 0.05) is 18.6 Å². The van der Waals surface area contributed by atoms with Crippen LogP contribution < -0.4 is 10.5 Å². The van der Waals surface area contributed by atoms with E-state index in [1.165, 1.54) is 0 Å². The molecule has 0 aliphatic carbocycles. The van der Waals surface area contributed by atoms with Crippen molar-refractivity contribution in [3.63, 3.8) is 0 Å². The van der Waals surface area contributed by atoms with E-state index in [1.807, 2.05) is 25.1 Å². The second-order valence-electron chi connectivity index (χ2n) is 5.59. The van der Waals surface area contributed by atoms with Gasteiger partial charge in [-0.15, -0.1) is 0 Å². The lowest BCUT2D eigenvalue weighted by Crippen LogP contribution is -2.39. The number of hydrogen-bond acceptors (Lipinski definition) is 3. The Morgan fingerprint density at radius 1 is 1.25 bits per heavy atom. The summed E-state index contributed by atoms with van der Waals surface area (Å²) in [6.07, 6.45) is 0. The second kappa shape index (κ2) is 7.60. The van der Waals surface area contributed by atoms with Crippen molar-refractivity contribution in [2.75, 3.05) is 13.2 Å². The van der Waals surface area contributed by atoms with Gasteiger partial charge < -0.3 is 10.5 Å². The highest BCUT2D eigenvalue weighted by Gasteiger charge is 2.14. The average molecular weight is 294 g/mol. The van der Waals surface area contributed by atoms with Gasteiger partial charge in [-0.25, -0.2) is 0 Å². The summed E-state index contributed by atoms with van der Waals surface area (Å²) in [5.41, 5.74) is 7.64. The standard InChI is InChI=1S/C16H26N2OS/c1-11(2)18(12(3)4)9-10-19-15-13(5)7-6-8-14(15)16(17)20/h6-8,11-12H,9-10H2,1-5H3,(H2,17,20). The van der Waals surface area contributed by atoms with E-state index in [0.29, 0.717) is 23.7 Å². The van der Waals surface area contributed by atoms with E-state index in [2.05, 4.69) is 32.6 Å². The monoisotopic (exact) mass is 294 g/mol. The minimum Gasteiger partial charge on any atom is -0.491 e. The number of nitrogens with two attached hydrogens (primary N) is 1. The van der Waals surface area contributed by atoms with Crippen molar-refractivity contribution in [3.05, 3.63) is 29.3 Å². The zero-order valence-electron chi connectivity index (χ0n) is 13.1. The zero-order valence-corrected chi connectivity index (χ0v) is 14.0. The normalized spacial score (nSPS) is 11.4. The Kier molecular flexibility index (Phi) is 6.43. The van der Waals surface area contributed by atoms with Crippen LogP contribution >= 0.6 is 12.2 Å². The average Bonchev–Trinajstić information content (AvgIpc) is 2.34. The van der Waals surface area contributed by atoms with Crippen LogP contribution in [0.25, 0.3) is 0 Å². The Balaban J connectivity index is 2.73. The summed E-state index contributed by atoms with van der Waals surface area (Å²) in [7, 11) is 0. The van der Waals surface area contributed by atoms with Crippen LogP contribution in [0.3, 0.4) is 0 Å². The van der Waals surface area contributed by atoms with Crippen LogP contribution in [0.5, 0.6) is 5.75 Å². The minimum absolute atomic E-state index is 0.383. The molecule has 1 rings (SSSR count). The quantitative estimate of drug-likeness (QED) is 0.784. The van der Waals surface area contributed by atoms with E-state index in [4.69, 9.17) is 22.7 Å². The molecule has 0 saturated carbocycles. The van der Waals surface area contributed by atoms with Crippen molar-refractivity contribution in [3.8, 4) is 5.75 Å². The molecule has 0 aliphatic rings. The van der Waals surface area contributed by atoms with Crippen LogP contribution in [0.2, 0.25) is 0 Å². The Hall–Kier alpha value is -1.13. The molecule has 1 aromatic carbocycles. The molecule has 0 fully saturated rings. The third-order valence-corrected chi connectivity index (χ3v) is 3.62.